The minimum absolute atomic E-state index is 0.0230. The third-order valence-corrected chi connectivity index (χ3v) is 5.52. The maximum Gasteiger partial charge on any atom is 0.235 e. The van der Waals surface area contributed by atoms with Crippen LogP contribution in [0, 0.1) is 0 Å². The fourth-order valence-electron chi connectivity index (χ4n) is 3.44. The number of carbonyl (C=O) groups is 1. The zero-order valence-corrected chi connectivity index (χ0v) is 16.1. The average molecular weight is 373 g/mol. The van der Waals surface area contributed by atoms with Crippen LogP contribution in [-0.4, -0.2) is 32.7 Å². The number of nitrogens with one attached hydrogen (secondary N) is 1. The molecule has 0 aliphatic carbocycles. The second-order valence-corrected chi connectivity index (χ2v) is 7.10. The van der Waals surface area contributed by atoms with E-state index in [9.17, 15) is 4.79 Å². The summed E-state index contributed by atoms with van der Waals surface area (Å²) in [6.07, 6.45) is 1.24. The van der Waals surface area contributed by atoms with Gasteiger partial charge in [-0.25, -0.2) is 0 Å². The Morgan fingerprint density at radius 2 is 1.92 bits per heavy atom. The van der Waals surface area contributed by atoms with Gasteiger partial charge >= 0.3 is 0 Å². The molecule has 4 nitrogen and oxygen atoms in total. The van der Waals surface area contributed by atoms with Gasteiger partial charge in [-0.3, -0.25) is 4.79 Å². The van der Waals surface area contributed by atoms with Gasteiger partial charge in [-0.1, -0.05) is 35.9 Å². The van der Waals surface area contributed by atoms with Crippen LogP contribution >= 0.6 is 11.6 Å². The van der Waals surface area contributed by atoms with Crippen molar-refractivity contribution in [3.8, 4) is 0 Å². The minimum Gasteiger partial charge on any atom is -0.381 e. The van der Waals surface area contributed by atoms with E-state index in [2.05, 4.69) is 17.1 Å². The molecule has 0 radical (unpaired) electrons. The van der Waals surface area contributed by atoms with E-state index in [4.69, 9.17) is 16.3 Å². The van der Waals surface area contributed by atoms with Crippen LogP contribution in [-0.2, 0) is 14.9 Å². The number of rotatable bonds is 5. The lowest BCUT2D eigenvalue weighted by Crippen LogP contribution is -2.45. The first-order valence-electron chi connectivity index (χ1n) is 9.02. The largest absolute Gasteiger partial charge is 0.381 e. The Morgan fingerprint density at radius 1 is 1.19 bits per heavy atom. The summed E-state index contributed by atoms with van der Waals surface area (Å²) in [5.74, 6) is -0.0230. The fourth-order valence-corrected chi connectivity index (χ4v) is 3.76. The molecule has 0 aromatic heterocycles. The van der Waals surface area contributed by atoms with Crippen LogP contribution < -0.4 is 10.2 Å². The summed E-state index contributed by atoms with van der Waals surface area (Å²) in [7, 11) is 2.03. The van der Waals surface area contributed by atoms with E-state index in [0.29, 0.717) is 31.1 Å². The molecule has 1 N–H and O–H groups in total. The van der Waals surface area contributed by atoms with Crippen LogP contribution in [0.3, 0.4) is 0 Å². The lowest BCUT2D eigenvalue weighted by atomic mass is 9.73. The third-order valence-electron chi connectivity index (χ3n) is 5.19. The normalized spacial score (nSPS) is 16.1. The van der Waals surface area contributed by atoms with Gasteiger partial charge in [0.2, 0.25) is 5.91 Å². The van der Waals surface area contributed by atoms with Crippen LogP contribution in [0.25, 0.3) is 0 Å². The Morgan fingerprint density at radius 3 is 2.62 bits per heavy atom. The van der Waals surface area contributed by atoms with E-state index in [1.165, 1.54) is 0 Å². The zero-order chi connectivity index (χ0) is 18.6. The average Bonchev–Trinajstić information content (AvgIpc) is 2.68. The van der Waals surface area contributed by atoms with Crippen molar-refractivity contribution < 1.29 is 9.53 Å². The van der Waals surface area contributed by atoms with Gasteiger partial charge in [0.05, 0.1) is 5.41 Å². The molecule has 5 heteroatoms. The molecule has 0 saturated carbocycles. The summed E-state index contributed by atoms with van der Waals surface area (Å²) in [6, 6.07) is 15.5. The van der Waals surface area contributed by atoms with Gasteiger partial charge in [0.15, 0.2) is 0 Å². The number of anilines is 2. The number of hydrogen-bond donors (Lipinski definition) is 1. The molecule has 1 amide bonds. The van der Waals surface area contributed by atoms with E-state index in [1.54, 1.807) is 0 Å². The van der Waals surface area contributed by atoms with Crippen molar-refractivity contribution in [3.05, 3.63) is 59.1 Å². The van der Waals surface area contributed by atoms with Gasteiger partial charge in [0.25, 0.3) is 0 Å². The molecule has 2 aromatic carbocycles. The number of halogens is 1. The summed E-state index contributed by atoms with van der Waals surface area (Å²) in [6.45, 7) is 4.10. The Bertz CT molecular complexity index is 772. The molecule has 0 bridgehead atoms. The molecule has 1 saturated heterocycles. The summed E-state index contributed by atoms with van der Waals surface area (Å²) in [5, 5.41) is 3.75. The zero-order valence-electron chi connectivity index (χ0n) is 15.3. The fraction of sp³-hybridized carbons (Fsp3) is 0.381. The highest BCUT2D eigenvalue weighted by Gasteiger charge is 2.43. The quantitative estimate of drug-likeness (QED) is 0.841. The number of hydrogen-bond acceptors (Lipinski definition) is 3. The predicted octanol–water partition coefficient (Wildman–Crippen LogP) is 4.48. The number of nitrogens with zero attached hydrogens (tertiary/aromatic N) is 1. The van der Waals surface area contributed by atoms with Crippen molar-refractivity contribution in [3.63, 3.8) is 0 Å². The predicted molar refractivity (Wildman–Crippen MR) is 107 cm³/mol. The van der Waals surface area contributed by atoms with Crippen molar-refractivity contribution >= 4 is 28.9 Å². The van der Waals surface area contributed by atoms with E-state index in [0.717, 1.165) is 23.5 Å². The number of amides is 1. The molecular weight excluding hydrogens is 348 g/mol. The number of ether oxygens (including phenoxy) is 1. The number of carbonyl (C=O) groups excluding carboxylic acids is 1. The van der Waals surface area contributed by atoms with Crippen LogP contribution in [0.2, 0.25) is 5.02 Å². The first-order chi connectivity index (χ1) is 12.6. The Hall–Kier alpha value is -2.04. The molecule has 0 atom stereocenters. The molecule has 1 heterocycles. The number of benzene rings is 2. The lowest BCUT2D eigenvalue weighted by Gasteiger charge is -2.36. The van der Waals surface area contributed by atoms with Gasteiger partial charge in [0, 0.05) is 43.2 Å². The second-order valence-electron chi connectivity index (χ2n) is 6.69. The summed E-state index contributed by atoms with van der Waals surface area (Å²) in [5.41, 5.74) is 2.09. The Labute approximate surface area is 160 Å². The van der Waals surface area contributed by atoms with Crippen molar-refractivity contribution in [1.29, 1.82) is 0 Å². The first-order valence-corrected chi connectivity index (χ1v) is 9.40. The van der Waals surface area contributed by atoms with Crippen molar-refractivity contribution in [2.45, 2.75) is 25.2 Å². The van der Waals surface area contributed by atoms with Crippen molar-refractivity contribution in [2.24, 2.45) is 0 Å². The minimum atomic E-state index is -0.663. The molecule has 1 aliphatic heterocycles. The molecule has 1 fully saturated rings. The van der Waals surface area contributed by atoms with Gasteiger partial charge < -0.3 is 15.0 Å². The maximum absolute atomic E-state index is 13.4. The van der Waals surface area contributed by atoms with Gasteiger partial charge in [0.1, 0.15) is 0 Å². The molecule has 3 rings (SSSR count). The van der Waals surface area contributed by atoms with Crippen LogP contribution in [0.4, 0.5) is 11.4 Å². The summed E-state index contributed by atoms with van der Waals surface area (Å²) in [4.78, 5) is 15.5. The molecule has 0 spiro atoms. The third kappa shape index (κ3) is 3.71. The molecule has 0 unspecified atom stereocenters. The smallest absolute Gasteiger partial charge is 0.235 e. The van der Waals surface area contributed by atoms with Gasteiger partial charge in [-0.05, 0) is 49.6 Å². The Kier molecular flexibility index (Phi) is 5.84. The van der Waals surface area contributed by atoms with Crippen molar-refractivity contribution in [2.75, 3.05) is 37.0 Å². The summed E-state index contributed by atoms with van der Waals surface area (Å²) >= 11 is 6.45. The highest BCUT2D eigenvalue weighted by Crippen LogP contribution is 2.39. The monoisotopic (exact) mass is 372 g/mol. The molecule has 26 heavy (non-hydrogen) atoms. The van der Waals surface area contributed by atoms with Crippen LogP contribution in [0.5, 0.6) is 0 Å². The molecule has 138 valence electrons. The second kappa shape index (κ2) is 8.11. The molecule has 1 aliphatic rings. The SMILES string of the molecule is CCN(C)c1cccc(NC(=O)C2(c3ccccc3Cl)CCOCC2)c1. The lowest BCUT2D eigenvalue weighted by molar-refractivity contribution is -0.125. The Balaban J connectivity index is 1.91. The van der Waals surface area contributed by atoms with Gasteiger partial charge in [-0.15, -0.1) is 0 Å². The highest BCUT2D eigenvalue weighted by molar-refractivity contribution is 6.31. The van der Waals surface area contributed by atoms with Crippen LogP contribution in [0.1, 0.15) is 25.3 Å². The van der Waals surface area contributed by atoms with Crippen LogP contribution in [0.15, 0.2) is 48.5 Å². The maximum atomic E-state index is 13.4. The summed E-state index contributed by atoms with van der Waals surface area (Å²) < 4.78 is 5.52. The van der Waals surface area contributed by atoms with E-state index in [1.807, 2.05) is 55.6 Å². The standard InChI is InChI=1S/C21H25ClN2O2/c1-3-24(2)17-8-6-7-16(15-17)23-20(25)21(11-13-26-14-12-21)18-9-4-5-10-19(18)22/h4-10,15H,3,11-14H2,1-2H3,(H,23,25). The molecular formula is C21H25ClN2O2. The van der Waals surface area contributed by atoms with Gasteiger partial charge in [-0.2, -0.15) is 0 Å². The van der Waals surface area contributed by atoms with E-state index < -0.39 is 5.41 Å². The molecule has 2 aromatic rings. The van der Waals surface area contributed by atoms with Crippen molar-refractivity contribution in [1.82, 2.24) is 0 Å². The van der Waals surface area contributed by atoms with E-state index in [-0.39, 0.29) is 5.91 Å². The highest BCUT2D eigenvalue weighted by atomic mass is 35.5. The first kappa shape index (κ1) is 18.7. The van der Waals surface area contributed by atoms with E-state index >= 15 is 0 Å². The topological polar surface area (TPSA) is 41.6 Å².